The normalized spacial score (nSPS) is 12.6. The van der Waals surface area contributed by atoms with Crippen LogP contribution in [0.5, 0.6) is 0 Å². The van der Waals surface area contributed by atoms with Gasteiger partial charge in [0, 0.05) is 17.8 Å². The molecule has 18 heavy (non-hydrogen) atoms. The minimum atomic E-state index is -0.228. The Morgan fingerprint density at radius 1 is 1.44 bits per heavy atom. The maximum absolute atomic E-state index is 13.7. The molecule has 0 fully saturated rings. The average Bonchev–Trinajstić information content (AvgIpc) is 2.88. The molecule has 2 nitrogen and oxygen atoms in total. The van der Waals surface area contributed by atoms with Crippen LogP contribution in [0, 0.1) is 5.82 Å². The molecule has 0 radical (unpaired) electrons. The van der Waals surface area contributed by atoms with E-state index in [-0.39, 0.29) is 11.9 Å². The van der Waals surface area contributed by atoms with Crippen molar-refractivity contribution in [1.29, 1.82) is 0 Å². The van der Waals surface area contributed by atoms with Crippen LogP contribution in [0.2, 0.25) is 0 Å². The zero-order valence-corrected chi connectivity index (χ0v) is 11.2. The van der Waals surface area contributed by atoms with Gasteiger partial charge in [-0.05, 0) is 47.8 Å². The molecule has 4 heteroatoms. The fourth-order valence-electron chi connectivity index (χ4n) is 2.03. The molecule has 0 saturated heterocycles. The number of rotatable bonds is 6. The molecule has 1 unspecified atom stereocenters. The van der Waals surface area contributed by atoms with Crippen molar-refractivity contribution in [2.75, 3.05) is 6.54 Å². The Labute approximate surface area is 111 Å². The van der Waals surface area contributed by atoms with E-state index in [0.29, 0.717) is 5.56 Å². The van der Waals surface area contributed by atoms with Crippen molar-refractivity contribution in [3.05, 3.63) is 52.2 Å². The maximum atomic E-state index is 13.7. The van der Waals surface area contributed by atoms with Crippen LogP contribution in [-0.4, -0.2) is 11.5 Å². The molecule has 0 aliphatic heterocycles. The summed E-state index contributed by atoms with van der Waals surface area (Å²) in [5.41, 5.74) is 2.03. The summed E-state index contributed by atoms with van der Waals surface area (Å²) in [6, 6.07) is 3.94. The maximum Gasteiger partial charge on any atom is 0.146 e. The van der Waals surface area contributed by atoms with Crippen LogP contribution in [0.4, 0.5) is 4.39 Å². The zero-order chi connectivity index (χ0) is 12.8. The summed E-state index contributed by atoms with van der Waals surface area (Å²) in [5.74, 6) is -0.228. The summed E-state index contributed by atoms with van der Waals surface area (Å²) in [7, 11) is 0. The summed E-state index contributed by atoms with van der Waals surface area (Å²) in [5, 5.41) is 7.56. The van der Waals surface area contributed by atoms with Gasteiger partial charge in [-0.3, -0.25) is 4.98 Å². The van der Waals surface area contributed by atoms with Crippen LogP contribution < -0.4 is 5.32 Å². The van der Waals surface area contributed by atoms with E-state index in [4.69, 9.17) is 0 Å². The lowest BCUT2D eigenvalue weighted by atomic mass is 10.0. The van der Waals surface area contributed by atoms with Crippen molar-refractivity contribution >= 4 is 11.3 Å². The van der Waals surface area contributed by atoms with Crippen LogP contribution in [0.25, 0.3) is 0 Å². The van der Waals surface area contributed by atoms with Crippen molar-refractivity contribution in [2.45, 2.75) is 25.8 Å². The molecular formula is C14H17FN2S. The zero-order valence-electron chi connectivity index (χ0n) is 10.4. The molecule has 0 amide bonds. The highest BCUT2D eigenvalue weighted by atomic mass is 32.1. The Morgan fingerprint density at radius 3 is 3.00 bits per heavy atom. The molecule has 96 valence electrons. The van der Waals surface area contributed by atoms with E-state index in [1.165, 1.54) is 11.8 Å². The Morgan fingerprint density at radius 2 is 2.33 bits per heavy atom. The SMILES string of the molecule is CCNC(CCc1ccsc1)c1ccncc1F. The highest BCUT2D eigenvalue weighted by Crippen LogP contribution is 2.22. The molecule has 0 aliphatic carbocycles. The molecule has 1 N–H and O–H groups in total. The summed E-state index contributed by atoms with van der Waals surface area (Å²) in [6.07, 6.45) is 4.78. The first-order valence-electron chi connectivity index (χ1n) is 6.15. The molecule has 2 rings (SSSR count). The Hall–Kier alpha value is -1.26. The van der Waals surface area contributed by atoms with E-state index in [1.807, 2.05) is 6.92 Å². The van der Waals surface area contributed by atoms with Crippen LogP contribution in [0.15, 0.2) is 35.3 Å². The van der Waals surface area contributed by atoms with Gasteiger partial charge in [0.15, 0.2) is 0 Å². The highest BCUT2D eigenvalue weighted by Gasteiger charge is 2.14. The molecule has 2 aromatic rings. The number of thiophene rings is 1. The summed E-state index contributed by atoms with van der Waals surface area (Å²) in [6.45, 7) is 2.87. The fourth-order valence-corrected chi connectivity index (χ4v) is 2.73. The Kier molecular flexibility index (Phi) is 4.84. The number of nitrogens with zero attached hydrogens (tertiary/aromatic N) is 1. The molecule has 0 aliphatic rings. The predicted octanol–water partition coefficient (Wildman–Crippen LogP) is 3.57. The lowest BCUT2D eigenvalue weighted by Crippen LogP contribution is -2.22. The summed E-state index contributed by atoms with van der Waals surface area (Å²) < 4.78 is 13.7. The standard InChI is InChI=1S/C14H17FN2S/c1-2-17-14(4-3-11-6-8-18-10-11)12-5-7-16-9-13(12)15/h5-10,14,17H,2-4H2,1H3. The van der Waals surface area contributed by atoms with Crippen molar-refractivity contribution in [2.24, 2.45) is 0 Å². The van der Waals surface area contributed by atoms with Crippen LogP contribution >= 0.6 is 11.3 Å². The third-order valence-corrected chi connectivity index (χ3v) is 3.66. The van der Waals surface area contributed by atoms with Gasteiger partial charge < -0.3 is 5.32 Å². The molecule has 0 spiro atoms. The van der Waals surface area contributed by atoms with Crippen LogP contribution in [-0.2, 0) is 6.42 Å². The van der Waals surface area contributed by atoms with Crippen LogP contribution in [0.3, 0.4) is 0 Å². The first-order valence-corrected chi connectivity index (χ1v) is 7.09. The molecule has 1 atom stereocenters. The molecular weight excluding hydrogens is 247 g/mol. The van der Waals surface area contributed by atoms with E-state index in [0.717, 1.165) is 19.4 Å². The monoisotopic (exact) mass is 264 g/mol. The third kappa shape index (κ3) is 3.37. The quantitative estimate of drug-likeness (QED) is 0.863. The number of pyridine rings is 1. The largest absolute Gasteiger partial charge is 0.310 e. The fraction of sp³-hybridized carbons (Fsp3) is 0.357. The van der Waals surface area contributed by atoms with E-state index < -0.39 is 0 Å². The van der Waals surface area contributed by atoms with Gasteiger partial charge in [0.25, 0.3) is 0 Å². The van der Waals surface area contributed by atoms with Gasteiger partial charge in [0.1, 0.15) is 5.82 Å². The number of aryl methyl sites for hydroxylation is 1. The van der Waals surface area contributed by atoms with Crippen molar-refractivity contribution < 1.29 is 4.39 Å². The predicted molar refractivity (Wildman–Crippen MR) is 73.3 cm³/mol. The number of aromatic nitrogens is 1. The molecule has 2 aromatic heterocycles. The van der Waals surface area contributed by atoms with Crippen molar-refractivity contribution in [3.8, 4) is 0 Å². The van der Waals surface area contributed by atoms with E-state index in [2.05, 4.69) is 27.1 Å². The number of hydrogen-bond acceptors (Lipinski definition) is 3. The minimum Gasteiger partial charge on any atom is -0.310 e. The van der Waals surface area contributed by atoms with Gasteiger partial charge in [-0.2, -0.15) is 11.3 Å². The smallest absolute Gasteiger partial charge is 0.146 e. The van der Waals surface area contributed by atoms with Gasteiger partial charge in [-0.25, -0.2) is 4.39 Å². The lowest BCUT2D eigenvalue weighted by Gasteiger charge is -2.18. The van der Waals surface area contributed by atoms with Gasteiger partial charge in [-0.1, -0.05) is 6.92 Å². The highest BCUT2D eigenvalue weighted by molar-refractivity contribution is 7.07. The second-order valence-electron chi connectivity index (χ2n) is 4.18. The molecule has 0 bridgehead atoms. The third-order valence-electron chi connectivity index (χ3n) is 2.93. The number of halogens is 1. The van der Waals surface area contributed by atoms with Gasteiger partial charge in [0.05, 0.1) is 6.20 Å². The van der Waals surface area contributed by atoms with Gasteiger partial charge >= 0.3 is 0 Å². The first kappa shape index (κ1) is 13.2. The number of hydrogen-bond donors (Lipinski definition) is 1. The Balaban J connectivity index is 2.06. The minimum absolute atomic E-state index is 0.0536. The first-order chi connectivity index (χ1) is 8.81. The van der Waals surface area contributed by atoms with Crippen molar-refractivity contribution in [1.82, 2.24) is 10.3 Å². The molecule has 0 aromatic carbocycles. The second-order valence-corrected chi connectivity index (χ2v) is 4.96. The van der Waals surface area contributed by atoms with Crippen LogP contribution in [0.1, 0.15) is 30.5 Å². The summed E-state index contributed by atoms with van der Waals surface area (Å²) in [4.78, 5) is 3.80. The van der Waals surface area contributed by atoms with Gasteiger partial charge in [0.2, 0.25) is 0 Å². The topological polar surface area (TPSA) is 24.9 Å². The lowest BCUT2D eigenvalue weighted by molar-refractivity contribution is 0.483. The second kappa shape index (κ2) is 6.61. The molecule has 0 saturated carbocycles. The van der Waals surface area contributed by atoms with E-state index >= 15 is 0 Å². The molecule has 2 heterocycles. The van der Waals surface area contributed by atoms with Gasteiger partial charge in [-0.15, -0.1) is 0 Å². The van der Waals surface area contributed by atoms with Crippen molar-refractivity contribution in [3.63, 3.8) is 0 Å². The Bertz CT molecular complexity index is 470. The van der Waals surface area contributed by atoms with E-state index in [1.54, 1.807) is 23.6 Å². The number of nitrogens with one attached hydrogen (secondary N) is 1. The average molecular weight is 264 g/mol. The van der Waals surface area contributed by atoms with E-state index in [9.17, 15) is 4.39 Å². The summed E-state index contributed by atoms with van der Waals surface area (Å²) >= 11 is 1.70.